The molecule has 3 atom stereocenters. The minimum atomic E-state index is -6.52. The van der Waals surface area contributed by atoms with Crippen molar-refractivity contribution in [2.75, 3.05) is 6.61 Å². The highest BCUT2D eigenvalue weighted by Gasteiger charge is 2.75. The summed E-state index contributed by atoms with van der Waals surface area (Å²) in [6, 6.07) is 0. The van der Waals surface area contributed by atoms with Crippen LogP contribution in [0.3, 0.4) is 0 Å². The quantitative estimate of drug-likeness (QED) is 0.404. The fourth-order valence-electron chi connectivity index (χ4n) is 3.15. The Kier molecular flexibility index (Phi) is 4.36. The van der Waals surface area contributed by atoms with Crippen LogP contribution < -0.4 is 0 Å². The molecule has 2 rings (SSSR count). The molecule has 25 heavy (non-hydrogen) atoms. The second-order valence-corrected chi connectivity index (χ2v) is 6.03. The molecule has 0 saturated heterocycles. The van der Waals surface area contributed by atoms with Crippen molar-refractivity contribution in [1.82, 2.24) is 0 Å². The van der Waals surface area contributed by atoms with Gasteiger partial charge in [-0.2, -0.15) is 39.5 Å². The molecule has 0 heterocycles. The first-order valence-electron chi connectivity index (χ1n) is 6.81. The monoisotopic (exact) mass is 388 g/mol. The van der Waals surface area contributed by atoms with Gasteiger partial charge in [-0.1, -0.05) is 12.2 Å². The zero-order chi connectivity index (χ0) is 19.5. The van der Waals surface area contributed by atoms with Crippen LogP contribution in [-0.4, -0.2) is 36.8 Å². The van der Waals surface area contributed by atoms with Crippen molar-refractivity contribution in [3.8, 4) is 0 Å². The van der Waals surface area contributed by atoms with E-state index in [1.165, 1.54) is 6.08 Å². The average Bonchev–Trinajstić information content (AvgIpc) is 3.01. The number of fused-ring (bicyclic) bond motifs is 2. The second-order valence-electron chi connectivity index (χ2n) is 6.03. The van der Waals surface area contributed by atoms with Gasteiger partial charge in [0.2, 0.25) is 0 Å². The molecule has 1 fully saturated rings. The first kappa shape index (κ1) is 19.8. The van der Waals surface area contributed by atoms with Gasteiger partial charge in [-0.05, 0) is 18.8 Å². The Bertz CT molecular complexity index is 559. The third-order valence-electron chi connectivity index (χ3n) is 4.56. The van der Waals surface area contributed by atoms with Gasteiger partial charge in [-0.15, -0.1) is 0 Å². The summed E-state index contributed by atoms with van der Waals surface area (Å²) in [5.41, 5.74) is -9.24. The highest BCUT2D eigenvalue weighted by Crippen LogP contribution is 2.60. The minimum Gasteiger partial charge on any atom is -0.461 e. The summed E-state index contributed by atoms with van der Waals surface area (Å²) in [6.07, 6.45) is -16.9. The Morgan fingerprint density at radius 3 is 1.80 bits per heavy atom. The lowest BCUT2D eigenvalue weighted by Gasteiger charge is -2.36. The zero-order valence-corrected chi connectivity index (χ0v) is 12.0. The number of alkyl halides is 10. The van der Waals surface area contributed by atoms with E-state index >= 15 is 0 Å². The Balaban J connectivity index is 2.27. The fourth-order valence-corrected chi connectivity index (χ4v) is 3.15. The highest BCUT2D eigenvalue weighted by atomic mass is 19.4. The normalized spacial score (nSPS) is 30.0. The number of esters is 1. The van der Waals surface area contributed by atoms with Crippen LogP contribution in [0, 0.1) is 17.3 Å². The smallest absolute Gasteiger partial charge is 0.435 e. The van der Waals surface area contributed by atoms with Crippen molar-refractivity contribution in [3.05, 3.63) is 12.2 Å². The van der Waals surface area contributed by atoms with E-state index < -0.39 is 60.4 Å². The van der Waals surface area contributed by atoms with Crippen molar-refractivity contribution < 1.29 is 53.4 Å². The molecule has 0 amide bonds. The van der Waals surface area contributed by atoms with Gasteiger partial charge in [0.25, 0.3) is 0 Å². The minimum absolute atomic E-state index is 0.145. The Labute approximate surface area is 133 Å². The summed E-state index contributed by atoms with van der Waals surface area (Å²) in [5.74, 6) is -4.53. The molecule has 144 valence electrons. The van der Waals surface area contributed by atoms with Crippen LogP contribution in [0.2, 0.25) is 0 Å². The van der Waals surface area contributed by atoms with Crippen molar-refractivity contribution in [2.45, 2.75) is 37.0 Å². The van der Waals surface area contributed by atoms with Gasteiger partial charge in [0.05, 0.1) is 0 Å². The van der Waals surface area contributed by atoms with Crippen molar-refractivity contribution >= 4 is 5.97 Å². The number of hydrogen-bond acceptors (Lipinski definition) is 2. The molecule has 0 aromatic heterocycles. The van der Waals surface area contributed by atoms with Gasteiger partial charge in [-0.25, -0.2) is 4.39 Å². The molecule has 0 spiro atoms. The lowest BCUT2D eigenvalue weighted by atomic mass is 9.75. The summed E-state index contributed by atoms with van der Waals surface area (Å²) >= 11 is 0. The molecule has 2 nitrogen and oxygen atoms in total. The van der Waals surface area contributed by atoms with E-state index in [4.69, 9.17) is 0 Å². The topological polar surface area (TPSA) is 26.3 Å². The maximum atomic E-state index is 13.4. The first-order chi connectivity index (χ1) is 11.1. The van der Waals surface area contributed by atoms with Gasteiger partial charge < -0.3 is 4.74 Å². The van der Waals surface area contributed by atoms with Gasteiger partial charge in [0.1, 0.15) is 6.61 Å². The molecule has 0 aliphatic heterocycles. The maximum Gasteiger partial charge on any atom is 0.435 e. The summed E-state index contributed by atoms with van der Waals surface area (Å²) in [6.45, 7) is -2.93. The van der Waals surface area contributed by atoms with Gasteiger partial charge in [0, 0.05) is 5.92 Å². The van der Waals surface area contributed by atoms with E-state index in [0.717, 1.165) is 6.08 Å². The lowest BCUT2D eigenvalue weighted by Crippen LogP contribution is -2.58. The van der Waals surface area contributed by atoms with Gasteiger partial charge >= 0.3 is 30.2 Å². The number of allylic oxidation sites excluding steroid dienone is 2. The predicted molar refractivity (Wildman–Crippen MR) is 60.8 cm³/mol. The molecule has 2 aliphatic carbocycles. The predicted octanol–water partition coefficient (Wildman–Crippen LogP) is 4.51. The summed E-state index contributed by atoms with van der Waals surface area (Å²) in [5, 5.41) is 0. The van der Waals surface area contributed by atoms with E-state index in [2.05, 4.69) is 4.74 Å². The Morgan fingerprint density at radius 2 is 1.48 bits per heavy atom. The van der Waals surface area contributed by atoms with Crippen molar-refractivity contribution in [3.63, 3.8) is 0 Å². The summed E-state index contributed by atoms with van der Waals surface area (Å²) in [4.78, 5) is 11.8. The first-order valence-corrected chi connectivity index (χ1v) is 6.81. The molecule has 0 aromatic rings. The van der Waals surface area contributed by atoms with Crippen LogP contribution in [0.5, 0.6) is 0 Å². The zero-order valence-electron chi connectivity index (χ0n) is 12.0. The molecule has 2 aliphatic rings. The molecule has 0 aromatic carbocycles. The standard InChI is InChI=1S/C13H10F10O2/c14-10(12(18,19)20,13(21,22)23)5-25-8(24)9(11(15,16)17)4-6-1-2-7(9)3-6/h1-2,6-7H,3-5H2. The number of carbonyl (C=O) groups is 1. The van der Waals surface area contributed by atoms with E-state index in [1.807, 2.05) is 0 Å². The van der Waals surface area contributed by atoms with Gasteiger partial charge in [0.15, 0.2) is 5.41 Å². The van der Waals surface area contributed by atoms with Crippen LogP contribution in [-0.2, 0) is 9.53 Å². The molecule has 3 unspecified atom stereocenters. The molecule has 1 saturated carbocycles. The number of hydrogen-bond donors (Lipinski definition) is 0. The summed E-state index contributed by atoms with van der Waals surface area (Å²) in [7, 11) is 0. The fraction of sp³-hybridized carbons (Fsp3) is 0.769. The molecule has 0 N–H and O–H groups in total. The summed E-state index contributed by atoms with van der Waals surface area (Å²) < 4.78 is 131. The van der Waals surface area contributed by atoms with E-state index in [9.17, 15) is 48.7 Å². The van der Waals surface area contributed by atoms with Crippen LogP contribution >= 0.6 is 0 Å². The molecular weight excluding hydrogens is 378 g/mol. The number of halogens is 10. The number of rotatable bonds is 3. The Morgan fingerprint density at radius 1 is 0.960 bits per heavy atom. The van der Waals surface area contributed by atoms with E-state index in [1.54, 1.807) is 0 Å². The Hall–Kier alpha value is -1.49. The van der Waals surface area contributed by atoms with Crippen LogP contribution in [0.15, 0.2) is 12.2 Å². The largest absolute Gasteiger partial charge is 0.461 e. The molecule has 0 radical (unpaired) electrons. The second kappa shape index (κ2) is 5.50. The molecular formula is C13H10F10O2. The lowest BCUT2D eigenvalue weighted by molar-refractivity contribution is -0.350. The average molecular weight is 388 g/mol. The van der Waals surface area contributed by atoms with Crippen LogP contribution in [0.1, 0.15) is 12.8 Å². The highest BCUT2D eigenvalue weighted by molar-refractivity contribution is 5.80. The molecule has 2 bridgehead atoms. The van der Waals surface area contributed by atoms with Gasteiger partial charge in [-0.3, -0.25) is 4.79 Å². The van der Waals surface area contributed by atoms with Crippen molar-refractivity contribution in [1.29, 1.82) is 0 Å². The van der Waals surface area contributed by atoms with Crippen LogP contribution in [0.4, 0.5) is 43.9 Å². The number of carbonyl (C=O) groups excluding carboxylic acids is 1. The molecule has 12 heteroatoms. The SMILES string of the molecule is O=C(OCC(F)(C(F)(F)F)C(F)(F)F)C1(C(F)(F)F)CC2C=CC1C2. The third-order valence-corrected chi connectivity index (χ3v) is 4.56. The third kappa shape index (κ3) is 2.86. The van der Waals surface area contributed by atoms with E-state index in [0.29, 0.717) is 0 Å². The van der Waals surface area contributed by atoms with Crippen molar-refractivity contribution in [2.24, 2.45) is 17.3 Å². The number of ether oxygens (including phenoxy) is 1. The maximum absolute atomic E-state index is 13.4. The van der Waals surface area contributed by atoms with Crippen LogP contribution in [0.25, 0.3) is 0 Å². The van der Waals surface area contributed by atoms with E-state index in [-0.39, 0.29) is 6.42 Å².